The van der Waals surface area contributed by atoms with Gasteiger partial charge in [0.1, 0.15) is 12.4 Å². The molecule has 2 N–H and O–H groups in total. The van der Waals surface area contributed by atoms with Crippen molar-refractivity contribution in [1.82, 2.24) is 25.5 Å². The lowest BCUT2D eigenvalue weighted by Gasteiger charge is -2.15. The monoisotopic (exact) mass is 318 g/mol. The molecule has 0 spiro atoms. The molecule has 1 saturated heterocycles. The van der Waals surface area contributed by atoms with Gasteiger partial charge in [-0.15, -0.1) is 5.10 Å². The summed E-state index contributed by atoms with van der Waals surface area (Å²) in [5, 5.41) is 16.5. The molecular weight excluding hydrogens is 304 g/mol. The van der Waals surface area contributed by atoms with Crippen LogP contribution in [0.4, 0.5) is 5.69 Å². The van der Waals surface area contributed by atoms with Crippen molar-refractivity contribution in [2.45, 2.75) is 12.5 Å². The fourth-order valence-corrected chi connectivity index (χ4v) is 2.99. The molecule has 2 aromatic rings. The minimum Gasteiger partial charge on any atom is -0.343 e. The number of tetrazole rings is 1. The quantitative estimate of drug-likeness (QED) is 0.839. The highest BCUT2D eigenvalue weighted by Gasteiger charge is 2.23. The summed E-state index contributed by atoms with van der Waals surface area (Å²) in [6.07, 6.45) is 1.95. The van der Waals surface area contributed by atoms with E-state index < -0.39 is 6.04 Å². The van der Waals surface area contributed by atoms with E-state index in [1.807, 2.05) is 0 Å². The molecular formula is C13H14N6O2S. The Balaban J connectivity index is 1.65. The average Bonchev–Trinajstić information content (AvgIpc) is 2.97. The molecule has 22 heavy (non-hydrogen) atoms. The lowest BCUT2D eigenvalue weighted by atomic mass is 10.2. The molecule has 1 aliphatic rings. The number of thioether (sulfide) groups is 1. The summed E-state index contributed by atoms with van der Waals surface area (Å²) >= 11 is 1.60. The first-order chi connectivity index (χ1) is 10.7. The Hall–Kier alpha value is -2.42. The number of benzene rings is 1. The summed E-state index contributed by atoms with van der Waals surface area (Å²) in [7, 11) is 0. The zero-order valence-electron chi connectivity index (χ0n) is 11.6. The number of aromatic nitrogens is 4. The van der Waals surface area contributed by atoms with Gasteiger partial charge in [0.25, 0.3) is 0 Å². The maximum atomic E-state index is 12.2. The van der Waals surface area contributed by atoms with E-state index in [2.05, 4.69) is 26.2 Å². The zero-order valence-corrected chi connectivity index (χ0v) is 12.4. The Morgan fingerprint density at radius 2 is 2.18 bits per heavy atom. The number of hydrogen-bond acceptors (Lipinski definition) is 6. The van der Waals surface area contributed by atoms with E-state index in [4.69, 9.17) is 0 Å². The average molecular weight is 318 g/mol. The Kier molecular flexibility index (Phi) is 4.33. The minimum absolute atomic E-state index is 0.0841. The fraction of sp³-hybridized carbons (Fsp3) is 0.308. The van der Waals surface area contributed by atoms with E-state index in [1.54, 1.807) is 36.0 Å². The highest BCUT2D eigenvalue weighted by atomic mass is 32.2. The third-order valence-electron chi connectivity index (χ3n) is 3.16. The van der Waals surface area contributed by atoms with E-state index in [0.29, 0.717) is 17.9 Å². The van der Waals surface area contributed by atoms with Crippen molar-refractivity contribution in [1.29, 1.82) is 0 Å². The highest BCUT2D eigenvalue weighted by molar-refractivity contribution is 7.99. The molecule has 1 fully saturated rings. The molecule has 1 atom stereocenters. The predicted octanol–water partition coefficient (Wildman–Crippen LogP) is 0.222. The van der Waals surface area contributed by atoms with Crippen LogP contribution in [0.1, 0.15) is 6.42 Å². The van der Waals surface area contributed by atoms with Crippen LogP contribution in [0.5, 0.6) is 0 Å². The van der Waals surface area contributed by atoms with Gasteiger partial charge in [-0.05, 0) is 34.7 Å². The van der Waals surface area contributed by atoms with Crippen LogP contribution < -0.4 is 10.6 Å². The van der Waals surface area contributed by atoms with E-state index >= 15 is 0 Å². The molecule has 9 heteroatoms. The molecule has 0 radical (unpaired) electrons. The molecule has 1 aromatic heterocycles. The fourth-order valence-electron chi connectivity index (χ4n) is 2.02. The van der Waals surface area contributed by atoms with Crippen molar-refractivity contribution in [3.63, 3.8) is 0 Å². The maximum Gasteiger partial charge on any atom is 0.247 e. The van der Waals surface area contributed by atoms with Gasteiger partial charge in [-0.25, -0.2) is 4.68 Å². The van der Waals surface area contributed by atoms with Gasteiger partial charge in [0, 0.05) is 23.6 Å². The smallest absolute Gasteiger partial charge is 0.247 e. The molecule has 2 amide bonds. The Bertz CT molecular complexity index is 658. The molecule has 1 aromatic carbocycles. The van der Waals surface area contributed by atoms with Crippen LogP contribution in [-0.2, 0) is 9.59 Å². The third-order valence-corrected chi connectivity index (χ3v) is 4.22. The SMILES string of the molecule is O=C1CCSC[C@@H](C(=O)Nc2ccc(-n3cnnn3)cc2)N1. The standard InChI is InChI=1S/C13H14N6O2S/c20-12-5-6-22-7-11(16-12)13(21)15-9-1-3-10(4-2-9)19-8-14-17-18-19/h1-4,8,11H,5-7H2,(H,15,21)(H,16,20)/t11-/m0/s1. The summed E-state index contributed by atoms with van der Waals surface area (Å²) < 4.78 is 1.52. The van der Waals surface area contributed by atoms with Crippen LogP contribution in [-0.4, -0.2) is 49.6 Å². The first kappa shape index (κ1) is 14.5. The van der Waals surface area contributed by atoms with Gasteiger partial charge in [0.05, 0.1) is 5.69 Å². The lowest BCUT2D eigenvalue weighted by molar-refractivity contribution is -0.125. The second-order valence-electron chi connectivity index (χ2n) is 4.74. The van der Waals surface area contributed by atoms with Crippen LogP contribution in [0.25, 0.3) is 5.69 Å². The Morgan fingerprint density at radius 1 is 1.36 bits per heavy atom. The molecule has 114 valence electrons. The van der Waals surface area contributed by atoms with E-state index in [9.17, 15) is 9.59 Å². The van der Waals surface area contributed by atoms with E-state index in [0.717, 1.165) is 11.4 Å². The van der Waals surface area contributed by atoms with Crippen molar-refractivity contribution < 1.29 is 9.59 Å². The van der Waals surface area contributed by atoms with E-state index in [1.165, 1.54) is 11.0 Å². The molecule has 0 aliphatic carbocycles. The van der Waals surface area contributed by atoms with Gasteiger partial charge >= 0.3 is 0 Å². The largest absolute Gasteiger partial charge is 0.343 e. The van der Waals surface area contributed by atoms with Crippen molar-refractivity contribution in [2.75, 3.05) is 16.8 Å². The topological polar surface area (TPSA) is 102 Å². The number of anilines is 1. The minimum atomic E-state index is -0.501. The van der Waals surface area contributed by atoms with Crippen molar-refractivity contribution in [2.24, 2.45) is 0 Å². The maximum absolute atomic E-state index is 12.2. The molecule has 2 heterocycles. The predicted molar refractivity (Wildman–Crippen MR) is 81.7 cm³/mol. The van der Waals surface area contributed by atoms with Crippen LogP contribution in [0.3, 0.4) is 0 Å². The molecule has 1 aliphatic heterocycles. The second kappa shape index (κ2) is 6.56. The summed E-state index contributed by atoms with van der Waals surface area (Å²) in [4.78, 5) is 23.7. The number of amides is 2. The number of carbonyl (C=O) groups is 2. The number of nitrogens with one attached hydrogen (secondary N) is 2. The molecule has 8 nitrogen and oxygen atoms in total. The number of carbonyl (C=O) groups excluding carboxylic acids is 2. The van der Waals surface area contributed by atoms with Crippen LogP contribution in [0, 0.1) is 0 Å². The summed E-state index contributed by atoms with van der Waals surface area (Å²) in [6, 6.07) is 6.62. The Labute approximate surface area is 130 Å². The van der Waals surface area contributed by atoms with Crippen LogP contribution in [0.15, 0.2) is 30.6 Å². The molecule has 0 saturated carbocycles. The lowest BCUT2D eigenvalue weighted by Crippen LogP contribution is -2.44. The van der Waals surface area contributed by atoms with Gasteiger partial charge in [-0.2, -0.15) is 11.8 Å². The normalized spacial score (nSPS) is 18.4. The van der Waals surface area contributed by atoms with Gasteiger partial charge in [0.15, 0.2) is 0 Å². The van der Waals surface area contributed by atoms with Gasteiger partial charge < -0.3 is 10.6 Å². The molecule has 0 unspecified atom stereocenters. The second-order valence-corrected chi connectivity index (χ2v) is 5.89. The third kappa shape index (κ3) is 3.42. The van der Waals surface area contributed by atoms with Gasteiger partial charge in [0.2, 0.25) is 11.8 Å². The number of rotatable bonds is 3. The first-order valence-electron chi connectivity index (χ1n) is 6.74. The van der Waals surface area contributed by atoms with Gasteiger partial charge in [-0.1, -0.05) is 0 Å². The summed E-state index contributed by atoms with van der Waals surface area (Å²) in [5.41, 5.74) is 1.45. The van der Waals surface area contributed by atoms with Crippen molar-refractivity contribution in [3.05, 3.63) is 30.6 Å². The zero-order chi connectivity index (χ0) is 15.4. The highest BCUT2D eigenvalue weighted by Crippen LogP contribution is 2.14. The number of hydrogen-bond donors (Lipinski definition) is 2. The van der Waals surface area contributed by atoms with Crippen LogP contribution >= 0.6 is 11.8 Å². The summed E-state index contributed by atoms with van der Waals surface area (Å²) in [5.74, 6) is 1.04. The first-order valence-corrected chi connectivity index (χ1v) is 7.89. The van der Waals surface area contributed by atoms with Gasteiger partial charge in [-0.3, -0.25) is 9.59 Å². The summed E-state index contributed by atoms with van der Waals surface area (Å²) in [6.45, 7) is 0. The Morgan fingerprint density at radius 3 is 2.91 bits per heavy atom. The van der Waals surface area contributed by atoms with E-state index in [-0.39, 0.29) is 11.8 Å². The number of nitrogens with zero attached hydrogens (tertiary/aromatic N) is 4. The van der Waals surface area contributed by atoms with Crippen LogP contribution in [0.2, 0.25) is 0 Å². The molecule has 0 bridgehead atoms. The molecule has 3 rings (SSSR count). The van der Waals surface area contributed by atoms with Crippen molar-refractivity contribution in [3.8, 4) is 5.69 Å². The van der Waals surface area contributed by atoms with Crippen molar-refractivity contribution >= 4 is 29.3 Å².